The van der Waals surface area contributed by atoms with Gasteiger partial charge in [-0.2, -0.15) is 54.1 Å². The number of sulfonamides is 4. The predicted molar refractivity (Wildman–Crippen MR) is 467 cm³/mol. The Kier molecular flexibility index (Phi) is 28.2. The largest absolute Gasteiger partial charge is 0.395 e. The number of nitrogens with zero attached hydrogens (tertiary/aromatic N) is 12. The number of anilines is 4. The van der Waals surface area contributed by atoms with Crippen molar-refractivity contribution in [2.24, 2.45) is 21.1 Å². The summed E-state index contributed by atoms with van der Waals surface area (Å²) < 4.78 is 136. The number of amides is 8. The van der Waals surface area contributed by atoms with E-state index in [2.05, 4.69) is 79.0 Å². The van der Waals surface area contributed by atoms with E-state index in [-0.39, 0.29) is 45.2 Å². The van der Waals surface area contributed by atoms with Crippen molar-refractivity contribution in [2.45, 2.75) is 194 Å². The molecule has 5 aromatic heterocycles. The molecule has 35 nitrogen and oxygen atoms in total. The van der Waals surface area contributed by atoms with Crippen LogP contribution in [0, 0.1) is 5.82 Å². The third-order valence-corrected chi connectivity index (χ3v) is 28.7. The van der Waals surface area contributed by atoms with Gasteiger partial charge in [0.2, 0.25) is 0 Å². The maximum absolute atomic E-state index is 14.1. The molecule has 6 heterocycles. The highest BCUT2D eigenvalue weighted by Crippen LogP contribution is 2.43. The topological polar surface area (TPSA) is 445 Å². The zero-order valence-electron chi connectivity index (χ0n) is 72.2. The van der Waals surface area contributed by atoms with Crippen LogP contribution in [-0.2, 0) is 162 Å². The fourth-order valence-corrected chi connectivity index (χ4v) is 21.0. The molecule has 9 aromatic rings. The van der Waals surface area contributed by atoms with Crippen molar-refractivity contribution in [3.05, 3.63) is 186 Å². The molecule has 16 rings (SSSR count). The summed E-state index contributed by atoms with van der Waals surface area (Å²) in [7, 11) is -4.20. The van der Waals surface area contributed by atoms with Crippen LogP contribution in [0.5, 0.6) is 0 Å². The van der Waals surface area contributed by atoms with E-state index >= 15 is 0 Å². The van der Waals surface area contributed by atoms with Gasteiger partial charge in [-0.1, -0.05) is 45.9 Å². The second-order valence-corrected chi connectivity index (χ2v) is 40.1. The molecule has 0 radical (unpaired) electrons. The molecule has 672 valence electrons. The molecule has 10 N–H and O–H groups in total. The van der Waals surface area contributed by atoms with Gasteiger partial charge in [0.25, 0.3) is 40.1 Å². The quantitative estimate of drug-likeness (QED) is 0.0256. The Morgan fingerprint density at radius 2 is 0.808 bits per heavy atom. The Hall–Kier alpha value is -10.6. The molecule has 7 aliphatic rings. The van der Waals surface area contributed by atoms with Crippen molar-refractivity contribution in [1.82, 2.24) is 77.7 Å². The van der Waals surface area contributed by atoms with Crippen LogP contribution in [0.3, 0.4) is 0 Å². The SMILES string of the molecule is CC(C)c1cc(F)cc(C(C)C)c1NC(=O)NS(=O)(=O)c1cc(CN(C)CCO)n(C)n1.CN(C)C1(c2cc(S(=O)(=O)NC(=O)Nc3c4c(cc5c3CCC5)CCC4)nn2C)COC1.CN(CCO)Cc1cc(S(=O)(=O)NC(=O)Nc2c3c(cc4c2CCC4)CCC3)nn1C.O=C(Nc1c2c(cc3c1CCC3)CCC2)NS(=O)(=O)c1ccn(-c2cccnc2)n1. The number of likely N-dealkylation sites (N-methyl/N-ethyl adjacent to an activating group) is 3. The molecule has 1 saturated heterocycles. The number of benzene rings is 4. The van der Waals surface area contributed by atoms with Gasteiger partial charge in [0.15, 0.2) is 20.1 Å². The number of fused-ring (bicyclic) bond motifs is 6. The van der Waals surface area contributed by atoms with Crippen molar-refractivity contribution < 1.29 is 72.2 Å². The molecule has 1 aliphatic heterocycles. The number of rotatable bonds is 25. The van der Waals surface area contributed by atoms with Crippen molar-refractivity contribution in [2.75, 3.05) is 89.0 Å². The smallest absolute Gasteiger partial charge is 0.333 e. The van der Waals surface area contributed by atoms with Crippen LogP contribution in [0.1, 0.15) is 173 Å². The van der Waals surface area contributed by atoms with Crippen LogP contribution < -0.4 is 40.2 Å². The lowest BCUT2D eigenvalue weighted by atomic mass is 9.91. The first kappa shape index (κ1) is 92.1. The van der Waals surface area contributed by atoms with E-state index in [9.17, 15) is 57.2 Å². The number of carbonyl (C=O) groups is 4. The maximum atomic E-state index is 14.1. The van der Waals surface area contributed by atoms with Gasteiger partial charge in [-0.25, -0.2) is 47.1 Å². The van der Waals surface area contributed by atoms with Crippen LogP contribution in [0.15, 0.2) is 105 Å². The molecule has 125 heavy (non-hydrogen) atoms. The third kappa shape index (κ3) is 20.8. The van der Waals surface area contributed by atoms with Crippen molar-refractivity contribution in [1.29, 1.82) is 0 Å². The Labute approximate surface area is 728 Å². The molecule has 40 heteroatoms. The van der Waals surface area contributed by atoms with Gasteiger partial charge in [0, 0.05) is 101 Å². The second-order valence-electron chi connectivity index (χ2n) is 33.5. The number of hydrogen-bond donors (Lipinski definition) is 10. The molecule has 0 unspecified atom stereocenters. The normalized spacial score (nSPS) is 15.3. The first-order valence-corrected chi connectivity index (χ1v) is 47.9. The summed E-state index contributed by atoms with van der Waals surface area (Å²) in [6.07, 6.45) is 22.5. The zero-order valence-corrected chi connectivity index (χ0v) is 75.5. The van der Waals surface area contributed by atoms with E-state index in [0.717, 1.165) is 172 Å². The van der Waals surface area contributed by atoms with E-state index in [0.29, 0.717) is 73.3 Å². The van der Waals surface area contributed by atoms with Gasteiger partial charge < -0.3 is 36.2 Å². The summed E-state index contributed by atoms with van der Waals surface area (Å²) in [4.78, 5) is 60.4. The van der Waals surface area contributed by atoms with E-state index in [1.54, 1.807) is 57.4 Å². The highest BCUT2D eigenvalue weighted by Gasteiger charge is 2.46. The number of aliphatic hydroxyl groups is 2. The lowest BCUT2D eigenvalue weighted by Gasteiger charge is -2.46. The predicted octanol–water partition coefficient (Wildman–Crippen LogP) is 8.52. The van der Waals surface area contributed by atoms with E-state index < -0.39 is 75.6 Å². The van der Waals surface area contributed by atoms with Crippen molar-refractivity contribution >= 4 is 87.0 Å². The molecule has 0 atom stereocenters. The zero-order chi connectivity index (χ0) is 89.8. The summed E-state index contributed by atoms with van der Waals surface area (Å²) in [5.41, 5.74) is 20.6. The molecule has 4 aromatic carbocycles. The molecule has 8 amide bonds. The molecular weight excluding hydrogens is 1690 g/mol. The van der Waals surface area contributed by atoms with E-state index in [1.165, 1.54) is 90.0 Å². The first-order chi connectivity index (χ1) is 59.4. The molecule has 6 aliphatic carbocycles. The van der Waals surface area contributed by atoms with Crippen LogP contribution in [0.2, 0.25) is 0 Å². The van der Waals surface area contributed by atoms with Crippen LogP contribution in [-0.4, -0.2) is 195 Å². The highest BCUT2D eigenvalue weighted by atomic mass is 32.2. The minimum Gasteiger partial charge on any atom is -0.395 e. The number of carbonyl (C=O) groups excluding carboxylic acids is 4. The molecule has 1 fully saturated rings. The van der Waals surface area contributed by atoms with Gasteiger partial charge in [-0.15, -0.1) is 0 Å². The number of aliphatic hydroxyl groups excluding tert-OH is 2. The lowest BCUT2D eigenvalue weighted by molar-refractivity contribution is -0.134. The number of halogens is 1. The number of pyridine rings is 1. The first-order valence-electron chi connectivity index (χ1n) is 41.9. The molecule has 0 spiro atoms. The standard InChI is InChI=1S/C22H29N5O4S.C21H32FN5O4S.C21H29N5O4S.C21H21N5O3S/c1-26(2)22(12-31-13-22)18-11-19(24-27(18)3)32(29,30)25-21(28)23-20-16-8-4-6-14(16)10-15-7-5-9-17(15)20;1-13(2)17-9-15(22)10-18(14(3)4)20(17)23-21(29)25-32(30,31)19-11-16(27(6)24-19)12-26(5)7-8-28;1-25(9-10-27)13-16-12-19(23-26(16)2)31(29,30)24-21(28)22-20-17-7-3-5-14(17)11-15-6-4-8-18(15)20;27-21(23-20-17-7-1-4-14(17)12-15-5-2-8-18(15)20)25-30(28,29)19-9-11-26(24-19)16-6-3-10-22-13-16/h10-11H,4-9,12-13H2,1-3H3,(H2,23,25,28);9-11,13-14,28H,7-8,12H2,1-6H3,(H2,23,25,29);11-12,27H,3-10,13H2,1-2H3,(H2,22,24,28);3,6,9-13H,1-2,4-5,7-8H2,(H2,23,25,27). The number of ether oxygens (including phenoxy) is 1. The number of urea groups is 4. The van der Waals surface area contributed by atoms with Crippen LogP contribution in [0.25, 0.3) is 5.69 Å². The molecular formula is C85H111FN20O15S4. The minimum absolute atomic E-state index is 0.00806. The molecule has 0 saturated carbocycles. The summed E-state index contributed by atoms with van der Waals surface area (Å²) in [5, 5.41) is 44.6. The van der Waals surface area contributed by atoms with E-state index in [4.69, 9.17) is 14.9 Å². The summed E-state index contributed by atoms with van der Waals surface area (Å²) >= 11 is 0. The van der Waals surface area contributed by atoms with Crippen LogP contribution >= 0.6 is 0 Å². The summed E-state index contributed by atoms with van der Waals surface area (Å²) in [6.45, 7) is 10.0. The van der Waals surface area contributed by atoms with Gasteiger partial charge in [0.05, 0.1) is 55.4 Å². The molecule has 0 bridgehead atoms. The van der Waals surface area contributed by atoms with E-state index in [1.807, 2.05) is 68.3 Å². The summed E-state index contributed by atoms with van der Waals surface area (Å²) in [6, 6.07) is 15.4. The maximum Gasteiger partial charge on any atom is 0.333 e. The second kappa shape index (κ2) is 38.3. The average Bonchev–Trinajstić information content (AvgIpc) is 1.61. The fourth-order valence-electron chi connectivity index (χ4n) is 17.4. The fraction of sp³-hybridized carbons (Fsp3) is 0.471. The Morgan fingerprint density at radius 1 is 0.464 bits per heavy atom. The average molecular weight is 1800 g/mol. The number of hydrogen-bond acceptors (Lipinski definition) is 23. The monoisotopic (exact) mass is 1800 g/mol. The van der Waals surface area contributed by atoms with Gasteiger partial charge in [-0.3, -0.25) is 33.7 Å². The highest BCUT2D eigenvalue weighted by molar-refractivity contribution is 7.90. The van der Waals surface area contributed by atoms with Crippen LogP contribution in [0.4, 0.5) is 46.3 Å². The van der Waals surface area contributed by atoms with Gasteiger partial charge >= 0.3 is 24.1 Å². The summed E-state index contributed by atoms with van der Waals surface area (Å²) in [5.74, 6) is -0.600. The number of aryl methyl sites for hydroxylation is 9. The Balaban J connectivity index is 0.000000143. The lowest BCUT2D eigenvalue weighted by Crippen LogP contribution is -2.57. The Bertz CT molecular complexity index is 5940. The number of nitrogens with one attached hydrogen (secondary N) is 8. The minimum atomic E-state index is -4.24. The number of aromatic nitrogens is 9. The Morgan fingerprint density at radius 3 is 1.13 bits per heavy atom. The van der Waals surface area contributed by atoms with Gasteiger partial charge in [0.1, 0.15) is 11.4 Å². The van der Waals surface area contributed by atoms with Gasteiger partial charge in [-0.05, 0) is 264 Å². The van der Waals surface area contributed by atoms with Crippen molar-refractivity contribution in [3.8, 4) is 5.69 Å². The van der Waals surface area contributed by atoms with Crippen molar-refractivity contribution in [3.63, 3.8) is 0 Å². The third-order valence-electron chi connectivity index (χ3n) is 23.9.